The predicted molar refractivity (Wildman–Crippen MR) is 145 cm³/mol. The average Bonchev–Trinajstić information content (AvgIpc) is 3.21. The maximum absolute atomic E-state index is 12.6. The largest absolute Gasteiger partial charge is 0.444 e. The van der Waals surface area contributed by atoms with Gasteiger partial charge in [0, 0.05) is 12.1 Å². The SMILES string of the molecule is CCNc1c(-c2ccccc2)c(-c2ccc(C3(NC(=O)OC(C)(C)C)CCC3)cc2)nc2nc(C)nn12. The summed E-state index contributed by atoms with van der Waals surface area (Å²) in [7, 11) is 0. The average molecular weight is 499 g/mol. The van der Waals surface area contributed by atoms with Crippen molar-refractivity contribution in [3.8, 4) is 22.4 Å². The van der Waals surface area contributed by atoms with Crippen molar-refractivity contribution < 1.29 is 9.53 Å². The highest BCUT2D eigenvalue weighted by Crippen LogP contribution is 2.43. The molecule has 0 unspecified atom stereocenters. The second-order valence-corrected chi connectivity index (χ2v) is 10.6. The molecule has 1 fully saturated rings. The number of ether oxygens (including phenoxy) is 1. The third kappa shape index (κ3) is 4.88. The van der Waals surface area contributed by atoms with Gasteiger partial charge in [0.15, 0.2) is 0 Å². The Balaban J connectivity index is 1.58. The van der Waals surface area contributed by atoms with E-state index in [0.29, 0.717) is 11.6 Å². The van der Waals surface area contributed by atoms with Crippen LogP contribution in [0.1, 0.15) is 58.3 Å². The Kier molecular flexibility index (Phi) is 6.35. The Morgan fingerprint density at radius 2 is 1.73 bits per heavy atom. The Bertz CT molecular complexity index is 1420. The molecule has 0 saturated heterocycles. The van der Waals surface area contributed by atoms with E-state index in [1.807, 2.05) is 45.9 Å². The van der Waals surface area contributed by atoms with Gasteiger partial charge in [0.2, 0.25) is 0 Å². The Morgan fingerprint density at radius 3 is 2.32 bits per heavy atom. The number of rotatable bonds is 6. The molecule has 192 valence electrons. The summed E-state index contributed by atoms with van der Waals surface area (Å²) in [4.78, 5) is 22.1. The molecule has 1 saturated carbocycles. The molecule has 8 heteroatoms. The molecule has 0 aliphatic heterocycles. The number of fused-ring (bicyclic) bond motifs is 1. The molecule has 2 aromatic carbocycles. The molecule has 37 heavy (non-hydrogen) atoms. The van der Waals surface area contributed by atoms with Crippen LogP contribution in [0.4, 0.5) is 10.6 Å². The van der Waals surface area contributed by atoms with Crippen LogP contribution in [0.15, 0.2) is 54.6 Å². The van der Waals surface area contributed by atoms with Gasteiger partial charge in [0.25, 0.3) is 5.78 Å². The van der Waals surface area contributed by atoms with Crippen LogP contribution in [0.5, 0.6) is 0 Å². The van der Waals surface area contributed by atoms with Crippen LogP contribution < -0.4 is 10.6 Å². The number of anilines is 1. The second-order valence-electron chi connectivity index (χ2n) is 10.6. The Hall–Kier alpha value is -3.94. The molecule has 1 amide bonds. The number of carbonyl (C=O) groups excluding carboxylic acids is 1. The third-order valence-corrected chi connectivity index (χ3v) is 6.66. The van der Waals surface area contributed by atoms with Crippen LogP contribution in [0.25, 0.3) is 28.2 Å². The van der Waals surface area contributed by atoms with Crippen molar-refractivity contribution in [3.63, 3.8) is 0 Å². The standard InChI is InChI=1S/C29H34N6O2/c1-6-30-25-23(20-11-8-7-9-12-20)24(32-26-31-19(2)34-35(25)26)21-13-15-22(16-14-21)29(17-10-18-29)33-27(36)37-28(3,4)5/h7-9,11-16,30H,6,10,17-18H2,1-5H3,(H,33,36). The maximum atomic E-state index is 12.6. The lowest BCUT2D eigenvalue weighted by atomic mass is 9.71. The quantitative estimate of drug-likeness (QED) is 0.334. The third-order valence-electron chi connectivity index (χ3n) is 6.66. The van der Waals surface area contributed by atoms with Crippen molar-refractivity contribution in [2.45, 2.75) is 65.0 Å². The van der Waals surface area contributed by atoms with E-state index in [-0.39, 0.29) is 6.09 Å². The molecule has 0 atom stereocenters. The van der Waals surface area contributed by atoms with Crippen molar-refractivity contribution >= 4 is 17.7 Å². The minimum absolute atomic E-state index is 0.382. The first-order chi connectivity index (χ1) is 17.7. The summed E-state index contributed by atoms with van der Waals surface area (Å²) in [6, 6.07) is 18.6. The van der Waals surface area contributed by atoms with Gasteiger partial charge in [-0.2, -0.15) is 9.50 Å². The Morgan fingerprint density at radius 1 is 1.03 bits per heavy atom. The van der Waals surface area contributed by atoms with E-state index < -0.39 is 11.1 Å². The molecule has 4 aromatic rings. The highest BCUT2D eigenvalue weighted by molar-refractivity contribution is 5.89. The number of nitrogens with one attached hydrogen (secondary N) is 2. The van der Waals surface area contributed by atoms with Crippen LogP contribution in [0.2, 0.25) is 0 Å². The van der Waals surface area contributed by atoms with Gasteiger partial charge in [-0.3, -0.25) is 0 Å². The van der Waals surface area contributed by atoms with Crippen LogP contribution in [-0.2, 0) is 10.3 Å². The fourth-order valence-electron chi connectivity index (χ4n) is 4.88. The minimum atomic E-state index is -0.540. The molecule has 0 bridgehead atoms. The first-order valence-corrected chi connectivity index (χ1v) is 12.9. The zero-order chi connectivity index (χ0) is 26.2. The van der Waals surface area contributed by atoms with Crippen molar-refractivity contribution in [3.05, 3.63) is 66.0 Å². The van der Waals surface area contributed by atoms with Crippen LogP contribution in [0.3, 0.4) is 0 Å². The van der Waals surface area contributed by atoms with E-state index in [1.165, 1.54) is 0 Å². The van der Waals surface area contributed by atoms with Crippen molar-refractivity contribution in [1.29, 1.82) is 0 Å². The van der Waals surface area contributed by atoms with Crippen molar-refractivity contribution in [2.24, 2.45) is 0 Å². The summed E-state index contributed by atoms with van der Waals surface area (Å²) in [6.45, 7) is 10.3. The zero-order valence-corrected chi connectivity index (χ0v) is 22.1. The molecule has 5 rings (SSSR count). The van der Waals surface area contributed by atoms with Gasteiger partial charge in [0.1, 0.15) is 17.2 Å². The monoisotopic (exact) mass is 498 g/mol. The molecule has 8 nitrogen and oxygen atoms in total. The van der Waals surface area contributed by atoms with Gasteiger partial charge in [-0.1, -0.05) is 54.6 Å². The van der Waals surface area contributed by atoms with Crippen LogP contribution in [0, 0.1) is 6.92 Å². The predicted octanol–water partition coefficient (Wildman–Crippen LogP) is 6.10. The fourth-order valence-corrected chi connectivity index (χ4v) is 4.88. The number of alkyl carbamates (subject to hydrolysis) is 1. The molecule has 0 spiro atoms. The second kappa shape index (κ2) is 9.50. The molecule has 2 aromatic heterocycles. The molecular formula is C29H34N6O2. The van der Waals surface area contributed by atoms with Gasteiger partial charge in [-0.25, -0.2) is 9.78 Å². The van der Waals surface area contributed by atoms with Gasteiger partial charge < -0.3 is 15.4 Å². The summed E-state index contributed by atoms with van der Waals surface area (Å²) >= 11 is 0. The molecular weight excluding hydrogens is 464 g/mol. The number of amides is 1. The van der Waals surface area contributed by atoms with Gasteiger partial charge >= 0.3 is 6.09 Å². The number of benzene rings is 2. The first kappa shape index (κ1) is 24.7. The lowest BCUT2D eigenvalue weighted by molar-refractivity contribution is 0.0377. The van der Waals surface area contributed by atoms with E-state index in [0.717, 1.165) is 59.6 Å². The number of aryl methyl sites for hydroxylation is 1. The van der Waals surface area contributed by atoms with E-state index in [2.05, 4.69) is 64.0 Å². The van der Waals surface area contributed by atoms with E-state index >= 15 is 0 Å². The highest BCUT2D eigenvalue weighted by atomic mass is 16.6. The summed E-state index contributed by atoms with van der Waals surface area (Å²) in [5, 5.41) is 11.2. The molecule has 1 aliphatic rings. The number of carbonyl (C=O) groups is 1. The molecule has 2 N–H and O–H groups in total. The smallest absolute Gasteiger partial charge is 0.408 e. The summed E-state index contributed by atoms with van der Waals surface area (Å²) in [5.74, 6) is 2.08. The molecule has 0 radical (unpaired) electrons. The van der Waals surface area contributed by atoms with Gasteiger partial charge in [-0.05, 0) is 65.0 Å². The number of hydrogen-bond donors (Lipinski definition) is 2. The normalized spacial score (nSPS) is 14.7. The topological polar surface area (TPSA) is 93.4 Å². The summed E-state index contributed by atoms with van der Waals surface area (Å²) in [5.41, 5.74) is 3.94. The number of hydrogen-bond acceptors (Lipinski definition) is 6. The highest BCUT2D eigenvalue weighted by Gasteiger charge is 2.41. The minimum Gasteiger partial charge on any atom is -0.444 e. The molecule has 2 heterocycles. The van der Waals surface area contributed by atoms with Crippen LogP contribution >= 0.6 is 0 Å². The number of aromatic nitrogens is 4. The maximum Gasteiger partial charge on any atom is 0.408 e. The Labute approximate surface area is 217 Å². The van der Waals surface area contributed by atoms with Gasteiger partial charge in [-0.15, -0.1) is 5.10 Å². The lowest BCUT2D eigenvalue weighted by Gasteiger charge is -2.43. The van der Waals surface area contributed by atoms with Gasteiger partial charge in [0.05, 0.1) is 16.8 Å². The zero-order valence-electron chi connectivity index (χ0n) is 22.1. The van der Waals surface area contributed by atoms with Crippen molar-refractivity contribution in [1.82, 2.24) is 24.9 Å². The van der Waals surface area contributed by atoms with Crippen LogP contribution in [-0.4, -0.2) is 37.8 Å². The lowest BCUT2D eigenvalue weighted by Crippen LogP contribution is -2.52. The number of nitrogens with zero attached hydrogens (tertiary/aromatic N) is 4. The van der Waals surface area contributed by atoms with Crippen molar-refractivity contribution in [2.75, 3.05) is 11.9 Å². The molecule has 1 aliphatic carbocycles. The van der Waals surface area contributed by atoms with E-state index in [4.69, 9.17) is 9.72 Å². The van der Waals surface area contributed by atoms with E-state index in [9.17, 15) is 4.79 Å². The summed E-state index contributed by atoms with van der Waals surface area (Å²) in [6.07, 6.45) is 2.45. The first-order valence-electron chi connectivity index (χ1n) is 12.9. The fraction of sp³-hybridized carbons (Fsp3) is 0.379. The summed E-state index contributed by atoms with van der Waals surface area (Å²) < 4.78 is 7.33. The van der Waals surface area contributed by atoms with E-state index in [1.54, 1.807) is 4.52 Å².